The van der Waals surface area contributed by atoms with E-state index in [-0.39, 0.29) is 11.0 Å². The van der Waals surface area contributed by atoms with Gasteiger partial charge in [0.15, 0.2) is 8.32 Å². The van der Waals surface area contributed by atoms with E-state index in [9.17, 15) is 0 Å². The van der Waals surface area contributed by atoms with Crippen molar-refractivity contribution in [1.82, 2.24) is 0 Å². The normalized spacial score (nSPS) is 34.3. The molecule has 0 saturated heterocycles. The van der Waals surface area contributed by atoms with Crippen molar-refractivity contribution in [2.24, 2.45) is 17.3 Å². The van der Waals surface area contributed by atoms with E-state index in [1.54, 1.807) is 0 Å². The summed E-state index contributed by atoms with van der Waals surface area (Å²) in [5.74, 6) is 6.14. The van der Waals surface area contributed by atoms with E-state index < -0.39 is 16.6 Å². The number of halogens is 2. The van der Waals surface area contributed by atoms with Crippen LogP contribution in [0.2, 0.25) is 39.3 Å². The Balaban J connectivity index is 1.69. The van der Waals surface area contributed by atoms with Crippen molar-refractivity contribution in [3.63, 3.8) is 0 Å². The molecule has 0 spiro atoms. The lowest BCUT2D eigenvalue weighted by Crippen LogP contribution is -2.54. The van der Waals surface area contributed by atoms with Crippen LogP contribution in [0.25, 0.3) is 0 Å². The molecule has 6 heteroatoms. The van der Waals surface area contributed by atoms with Crippen LogP contribution in [0.3, 0.4) is 0 Å². The Hall–Kier alpha value is -0.0662. The second-order valence-corrected chi connectivity index (χ2v) is 22.9. The summed E-state index contributed by atoms with van der Waals surface area (Å²) in [6.45, 7) is 16.0. The third-order valence-corrected chi connectivity index (χ3v) is 11.3. The predicted molar refractivity (Wildman–Crippen MR) is 146 cm³/mol. The zero-order valence-electron chi connectivity index (χ0n) is 20.7. The summed E-state index contributed by atoms with van der Waals surface area (Å²) in [6, 6.07) is 2.37. The molecule has 0 bridgehead atoms. The first-order valence-corrected chi connectivity index (χ1v) is 20.5. The molecule has 1 aromatic rings. The van der Waals surface area contributed by atoms with Gasteiger partial charge in [0.1, 0.15) is 11.4 Å². The minimum Gasteiger partial charge on any atom is -0.543 e. The maximum Gasteiger partial charge on any atom is 0.242 e. The number of hydrogen-bond donors (Lipinski definition) is 0. The average Bonchev–Trinajstić information content (AvgIpc) is 2.95. The number of hydrogen-bond acceptors (Lipinski definition) is 2. The fourth-order valence-corrected chi connectivity index (χ4v) is 11.1. The van der Waals surface area contributed by atoms with E-state index in [0.29, 0.717) is 17.8 Å². The van der Waals surface area contributed by atoms with E-state index in [0.717, 1.165) is 29.5 Å². The molecule has 2 nitrogen and oxygen atoms in total. The van der Waals surface area contributed by atoms with Crippen LogP contribution in [-0.4, -0.2) is 22.2 Å². The molecule has 0 radical (unpaired) electrons. The lowest BCUT2D eigenvalue weighted by Gasteiger charge is -2.54. The smallest absolute Gasteiger partial charge is 0.242 e. The first-order valence-electron chi connectivity index (χ1n) is 12.1. The Kier molecular flexibility index (Phi) is 6.46. The predicted octanol–water partition coefficient (Wildman–Crippen LogP) is 8.50. The molecule has 3 aliphatic carbocycles. The fraction of sp³-hybridized carbons (Fsp3) is 0.692. The third-order valence-electron chi connectivity index (χ3n) is 8.12. The van der Waals surface area contributed by atoms with Crippen LogP contribution in [0, 0.1) is 29.6 Å². The second kappa shape index (κ2) is 8.26. The molecule has 0 N–H and O–H groups in total. The van der Waals surface area contributed by atoms with E-state index >= 15 is 0 Å². The summed E-state index contributed by atoms with van der Waals surface area (Å²) in [5, 5.41) is 0. The molecule has 0 aromatic heterocycles. The highest BCUT2D eigenvalue weighted by Crippen LogP contribution is 2.66. The van der Waals surface area contributed by atoms with Gasteiger partial charge < -0.3 is 8.85 Å². The molecule has 5 atom stereocenters. The Morgan fingerprint density at radius 1 is 1.03 bits per heavy atom. The summed E-state index contributed by atoms with van der Waals surface area (Å²) in [5.41, 5.74) is 2.68. The Labute approximate surface area is 214 Å². The van der Waals surface area contributed by atoms with Crippen molar-refractivity contribution < 1.29 is 8.85 Å². The van der Waals surface area contributed by atoms with Crippen LogP contribution < -0.4 is 4.43 Å². The highest BCUT2D eigenvalue weighted by Gasteiger charge is 2.63. The van der Waals surface area contributed by atoms with E-state index in [2.05, 4.69) is 90.1 Å². The summed E-state index contributed by atoms with van der Waals surface area (Å²) in [7, 11) is -3.44. The van der Waals surface area contributed by atoms with Gasteiger partial charge in [-0.2, -0.15) is 0 Å². The van der Waals surface area contributed by atoms with Gasteiger partial charge in [-0.1, -0.05) is 12.8 Å². The van der Waals surface area contributed by atoms with Gasteiger partial charge >= 0.3 is 0 Å². The molecule has 0 heterocycles. The quantitative estimate of drug-likeness (QED) is 0.256. The van der Waals surface area contributed by atoms with Gasteiger partial charge in [0.05, 0.1) is 8.95 Å². The monoisotopic (exact) mass is 596 g/mol. The molecular weight excluding hydrogens is 560 g/mol. The minimum atomic E-state index is -1.75. The molecule has 2 saturated carbocycles. The first kappa shape index (κ1) is 25.0. The van der Waals surface area contributed by atoms with Crippen molar-refractivity contribution in [3.8, 4) is 18.1 Å². The number of benzene rings is 1. The number of terminal acetylenes is 1. The molecular formula is C26H38Br2O2Si2. The number of rotatable bonds is 4. The van der Waals surface area contributed by atoms with Gasteiger partial charge in [0.25, 0.3) is 0 Å². The maximum absolute atomic E-state index is 6.83. The summed E-state index contributed by atoms with van der Waals surface area (Å²) in [4.78, 5) is 0. The van der Waals surface area contributed by atoms with Crippen LogP contribution in [-0.2, 0) is 10.8 Å². The topological polar surface area (TPSA) is 18.5 Å². The van der Waals surface area contributed by atoms with Crippen LogP contribution in [0.1, 0.15) is 56.1 Å². The van der Waals surface area contributed by atoms with Gasteiger partial charge in [0.2, 0.25) is 8.32 Å². The Morgan fingerprint density at radius 3 is 2.31 bits per heavy atom. The SMILES string of the molecule is C#CC1(O[Si](C)(C)C)CC[C@H]2[C@@H]3CCc4c(cc(Br)c(O[Si](C)(C)C)c4Br)[C@H]3CC[C@@]21C. The standard InChI is InChI=1S/C26H38Br2O2Si2/c1-9-26(30-32(6,7)8)15-13-21-18-10-11-19-20(17(18)12-14-25(21,26)2)16-22(27)24(23(19)28)29-31(3,4)5/h1,16-18,21H,10-15H2,2-8H3/t17-,18+,21-,25-,26?/m0/s1. The van der Waals surface area contributed by atoms with Gasteiger partial charge in [-0.3, -0.25) is 0 Å². The molecule has 0 amide bonds. The van der Waals surface area contributed by atoms with Gasteiger partial charge in [-0.25, -0.2) is 0 Å². The average molecular weight is 599 g/mol. The van der Waals surface area contributed by atoms with Crippen molar-refractivity contribution >= 4 is 48.5 Å². The molecule has 1 aromatic carbocycles. The third kappa shape index (κ3) is 4.13. The summed E-state index contributed by atoms with van der Waals surface area (Å²) in [6.07, 6.45) is 13.1. The van der Waals surface area contributed by atoms with Crippen molar-refractivity contribution in [3.05, 3.63) is 26.1 Å². The Morgan fingerprint density at radius 2 is 1.72 bits per heavy atom. The van der Waals surface area contributed by atoms with E-state index in [1.807, 2.05) is 0 Å². The maximum atomic E-state index is 6.83. The molecule has 4 rings (SSSR count). The summed E-state index contributed by atoms with van der Waals surface area (Å²) >= 11 is 7.79. The molecule has 176 valence electrons. The Bertz CT molecular complexity index is 959. The number of fused-ring (bicyclic) bond motifs is 5. The van der Waals surface area contributed by atoms with Crippen molar-refractivity contribution in [2.45, 2.75) is 96.2 Å². The van der Waals surface area contributed by atoms with Gasteiger partial charge in [0, 0.05) is 5.41 Å². The fourth-order valence-electron chi connectivity index (χ4n) is 6.98. The van der Waals surface area contributed by atoms with Crippen molar-refractivity contribution in [1.29, 1.82) is 0 Å². The largest absolute Gasteiger partial charge is 0.543 e. The van der Waals surface area contributed by atoms with Gasteiger partial charge in [-0.05, 0) is 145 Å². The van der Waals surface area contributed by atoms with Crippen LogP contribution >= 0.6 is 31.9 Å². The highest BCUT2D eigenvalue weighted by atomic mass is 79.9. The lowest BCUT2D eigenvalue weighted by atomic mass is 9.53. The summed E-state index contributed by atoms with van der Waals surface area (Å²) < 4.78 is 15.5. The second-order valence-electron chi connectivity index (χ2n) is 12.4. The van der Waals surface area contributed by atoms with E-state index in [1.165, 1.54) is 34.9 Å². The first-order chi connectivity index (χ1) is 14.7. The molecule has 0 aliphatic heterocycles. The van der Waals surface area contributed by atoms with Crippen LogP contribution in [0.4, 0.5) is 0 Å². The molecule has 3 aliphatic rings. The van der Waals surface area contributed by atoms with E-state index in [4.69, 9.17) is 15.3 Å². The lowest BCUT2D eigenvalue weighted by molar-refractivity contribution is -0.0537. The minimum absolute atomic E-state index is 0.0794. The zero-order chi connectivity index (χ0) is 23.7. The zero-order valence-corrected chi connectivity index (χ0v) is 25.9. The molecule has 32 heavy (non-hydrogen) atoms. The van der Waals surface area contributed by atoms with Crippen LogP contribution in [0.5, 0.6) is 5.75 Å². The van der Waals surface area contributed by atoms with Gasteiger partial charge in [-0.15, -0.1) is 6.42 Å². The van der Waals surface area contributed by atoms with Crippen molar-refractivity contribution in [2.75, 3.05) is 0 Å². The molecule has 1 unspecified atom stereocenters. The van der Waals surface area contributed by atoms with Crippen LogP contribution in [0.15, 0.2) is 15.0 Å². The molecule has 2 fully saturated rings. The highest BCUT2D eigenvalue weighted by molar-refractivity contribution is 9.11.